The first kappa shape index (κ1) is 10.9. The van der Waals surface area contributed by atoms with Crippen LogP contribution in [0.5, 0.6) is 0 Å². The molecule has 1 aromatic carbocycles. The molecule has 4 heteroatoms. The molecule has 0 bridgehead atoms. The van der Waals surface area contributed by atoms with Crippen LogP contribution in [0.3, 0.4) is 0 Å². The zero-order valence-electron chi connectivity index (χ0n) is 10.0. The summed E-state index contributed by atoms with van der Waals surface area (Å²) in [6, 6.07) is 9.66. The summed E-state index contributed by atoms with van der Waals surface area (Å²) in [6.45, 7) is 1.98. The van der Waals surface area contributed by atoms with Gasteiger partial charge in [-0.15, -0.1) is 0 Å². The maximum atomic E-state index is 9.45. The number of para-hydroxylation sites is 1. The Kier molecular flexibility index (Phi) is 2.57. The predicted molar refractivity (Wildman–Crippen MR) is 69.5 cm³/mol. The molecule has 0 spiro atoms. The minimum atomic E-state index is -0.00369. The topological polar surface area (TPSA) is 50.9 Å². The van der Waals surface area contributed by atoms with Crippen molar-refractivity contribution >= 4 is 10.9 Å². The lowest BCUT2D eigenvalue weighted by molar-refractivity contribution is 0.283. The van der Waals surface area contributed by atoms with E-state index in [0.29, 0.717) is 0 Å². The predicted octanol–water partition coefficient (Wildman–Crippen LogP) is 2.22. The summed E-state index contributed by atoms with van der Waals surface area (Å²) in [6.07, 6.45) is 3.70. The van der Waals surface area contributed by atoms with Crippen LogP contribution < -0.4 is 0 Å². The second-order valence-corrected chi connectivity index (χ2v) is 4.28. The maximum Gasteiger partial charge on any atom is 0.154 e. The van der Waals surface area contributed by atoms with Gasteiger partial charge in [0, 0.05) is 11.6 Å². The molecule has 0 saturated heterocycles. The largest absolute Gasteiger partial charge is 0.392 e. The number of hydrogen-bond donors (Lipinski definition) is 1. The van der Waals surface area contributed by atoms with Gasteiger partial charge in [0.05, 0.1) is 18.3 Å². The van der Waals surface area contributed by atoms with Gasteiger partial charge in [-0.3, -0.25) is 0 Å². The first-order chi connectivity index (χ1) is 8.78. The van der Waals surface area contributed by atoms with E-state index in [1.165, 1.54) is 0 Å². The fourth-order valence-corrected chi connectivity index (χ4v) is 2.02. The van der Waals surface area contributed by atoms with Crippen molar-refractivity contribution in [2.45, 2.75) is 13.5 Å². The molecule has 1 N–H and O–H groups in total. The average Bonchev–Trinajstić information content (AvgIpc) is 2.84. The standard InChI is InChI=1S/C14H13N3O/c1-10-7-15-17(8-10)14-6-11(9-18)12-4-2-3-5-13(12)16-14/h2-8,18H,9H2,1H3. The first-order valence-corrected chi connectivity index (χ1v) is 5.79. The number of aryl methyl sites for hydroxylation is 1. The highest BCUT2D eigenvalue weighted by molar-refractivity contribution is 5.83. The van der Waals surface area contributed by atoms with Crippen LogP contribution in [-0.2, 0) is 6.61 Å². The van der Waals surface area contributed by atoms with Crippen molar-refractivity contribution < 1.29 is 5.11 Å². The number of aromatic nitrogens is 3. The summed E-state index contributed by atoms with van der Waals surface area (Å²) < 4.78 is 1.72. The number of fused-ring (bicyclic) bond motifs is 1. The smallest absolute Gasteiger partial charge is 0.154 e. The second kappa shape index (κ2) is 4.23. The molecule has 0 aliphatic carbocycles. The molecular formula is C14H13N3O. The third-order valence-electron chi connectivity index (χ3n) is 2.91. The van der Waals surface area contributed by atoms with Crippen molar-refractivity contribution in [1.82, 2.24) is 14.8 Å². The van der Waals surface area contributed by atoms with E-state index in [1.807, 2.05) is 43.5 Å². The summed E-state index contributed by atoms with van der Waals surface area (Å²) >= 11 is 0. The number of aliphatic hydroxyl groups is 1. The number of rotatable bonds is 2. The molecule has 4 nitrogen and oxygen atoms in total. The van der Waals surface area contributed by atoms with Gasteiger partial charge < -0.3 is 5.11 Å². The zero-order valence-corrected chi connectivity index (χ0v) is 10.0. The van der Waals surface area contributed by atoms with Gasteiger partial charge in [-0.05, 0) is 30.2 Å². The summed E-state index contributed by atoms with van der Waals surface area (Å²) in [7, 11) is 0. The van der Waals surface area contributed by atoms with Crippen LogP contribution in [0.25, 0.3) is 16.7 Å². The molecule has 0 aliphatic rings. The molecule has 0 unspecified atom stereocenters. The Morgan fingerprint density at radius 2 is 2.11 bits per heavy atom. The van der Waals surface area contributed by atoms with Gasteiger partial charge >= 0.3 is 0 Å². The van der Waals surface area contributed by atoms with Crippen molar-refractivity contribution in [2.75, 3.05) is 0 Å². The Morgan fingerprint density at radius 3 is 2.83 bits per heavy atom. The monoisotopic (exact) mass is 239 g/mol. The molecule has 18 heavy (non-hydrogen) atoms. The quantitative estimate of drug-likeness (QED) is 0.746. The molecule has 90 valence electrons. The van der Waals surface area contributed by atoms with Gasteiger partial charge in [0.2, 0.25) is 0 Å². The fourth-order valence-electron chi connectivity index (χ4n) is 2.02. The lowest BCUT2D eigenvalue weighted by atomic mass is 10.1. The van der Waals surface area contributed by atoms with Crippen LogP contribution in [0.15, 0.2) is 42.7 Å². The van der Waals surface area contributed by atoms with Crippen molar-refractivity contribution in [2.24, 2.45) is 0 Å². The molecule has 2 aromatic heterocycles. The van der Waals surface area contributed by atoms with E-state index in [0.717, 1.165) is 27.8 Å². The summed E-state index contributed by atoms with van der Waals surface area (Å²) in [5.41, 5.74) is 2.81. The van der Waals surface area contributed by atoms with Crippen molar-refractivity contribution in [3.63, 3.8) is 0 Å². The normalized spacial score (nSPS) is 11.0. The van der Waals surface area contributed by atoms with E-state index >= 15 is 0 Å². The molecule has 0 saturated carbocycles. The number of nitrogens with zero attached hydrogens (tertiary/aromatic N) is 3. The van der Waals surface area contributed by atoms with Gasteiger partial charge in [0.15, 0.2) is 5.82 Å². The number of benzene rings is 1. The van der Waals surface area contributed by atoms with Gasteiger partial charge in [-0.1, -0.05) is 18.2 Å². The minimum absolute atomic E-state index is 0.00369. The Labute approximate surface area is 105 Å². The highest BCUT2D eigenvalue weighted by atomic mass is 16.3. The maximum absolute atomic E-state index is 9.45. The van der Waals surface area contributed by atoms with Crippen LogP contribution in [0.1, 0.15) is 11.1 Å². The SMILES string of the molecule is Cc1cnn(-c2cc(CO)c3ccccc3n2)c1. The lowest BCUT2D eigenvalue weighted by Crippen LogP contribution is -2.00. The van der Waals surface area contributed by atoms with E-state index in [2.05, 4.69) is 10.1 Å². The van der Waals surface area contributed by atoms with Crippen molar-refractivity contribution in [1.29, 1.82) is 0 Å². The van der Waals surface area contributed by atoms with Gasteiger partial charge in [0.1, 0.15) is 0 Å². The van der Waals surface area contributed by atoms with Gasteiger partial charge in [-0.2, -0.15) is 5.10 Å². The average molecular weight is 239 g/mol. The summed E-state index contributed by atoms with van der Waals surface area (Å²) in [4.78, 5) is 4.56. The second-order valence-electron chi connectivity index (χ2n) is 4.28. The van der Waals surface area contributed by atoms with E-state index in [9.17, 15) is 5.11 Å². The molecule has 0 atom stereocenters. The Bertz CT molecular complexity index is 703. The molecule has 0 amide bonds. The molecule has 2 heterocycles. The minimum Gasteiger partial charge on any atom is -0.392 e. The van der Waals surface area contributed by atoms with Crippen molar-refractivity contribution in [3.8, 4) is 5.82 Å². The van der Waals surface area contributed by atoms with E-state index in [1.54, 1.807) is 10.9 Å². The van der Waals surface area contributed by atoms with Gasteiger partial charge in [-0.25, -0.2) is 9.67 Å². The Morgan fingerprint density at radius 1 is 1.28 bits per heavy atom. The lowest BCUT2D eigenvalue weighted by Gasteiger charge is -2.07. The van der Waals surface area contributed by atoms with Crippen molar-refractivity contribution in [3.05, 3.63) is 53.9 Å². The highest BCUT2D eigenvalue weighted by Gasteiger charge is 2.06. The molecular weight excluding hydrogens is 226 g/mol. The summed E-state index contributed by atoms with van der Waals surface area (Å²) in [5, 5.41) is 14.7. The van der Waals surface area contributed by atoms with Gasteiger partial charge in [0.25, 0.3) is 0 Å². The molecule has 0 radical (unpaired) electrons. The van der Waals surface area contributed by atoms with Crippen LogP contribution in [-0.4, -0.2) is 19.9 Å². The highest BCUT2D eigenvalue weighted by Crippen LogP contribution is 2.20. The Balaban J connectivity index is 2.25. The molecule has 3 rings (SSSR count). The summed E-state index contributed by atoms with van der Waals surface area (Å²) in [5.74, 6) is 0.728. The van der Waals surface area contributed by atoms with E-state index in [4.69, 9.17) is 0 Å². The third kappa shape index (κ3) is 1.76. The number of aliphatic hydroxyl groups excluding tert-OH is 1. The zero-order chi connectivity index (χ0) is 12.5. The third-order valence-corrected chi connectivity index (χ3v) is 2.91. The van der Waals surface area contributed by atoms with E-state index < -0.39 is 0 Å². The van der Waals surface area contributed by atoms with E-state index in [-0.39, 0.29) is 6.61 Å². The van der Waals surface area contributed by atoms with Crippen LogP contribution in [0.4, 0.5) is 0 Å². The first-order valence-electron chi connectivity index (χ1n) is 5.79. The molecule has 0 fully saturated rings. The number of hydrogen-bond acceptors (Lipinski definition) is 3. The molecule has 3 aromatic rings. The fraction of sp³-hybridized carbons (Fsp3) is 0.143. The van der Waals surface area contributed by atoms with Crippen LogP contribution in [0, 0.1) is 6.92 Å². The van der Waals surface area contributed by atoms with Crippen LogP contribution >= 0.6 is 0 Å². The number of pyridine rings is 1. The van der Waals surface area contributed by atoms with Crippen LogP contribution in [0.2, 0.25) is 0 Å². The molecule has 0 aliphatic heterocycles. The Hall–Kier alpha value is -2.20.